The number of halogens is 1. The summed E-state index contributed by atoms with van der Waals surface area (Å²) in [5.41, 5.74) is 1.99. The molecule has 2 heterocycles. The number of aliphatic hydroxyl groups excluding tert-OH is 1. The van der Waals surface area contributed by atoms with Gasteiger partial charge in [0.1, 0.15) is 11.6 Å². The van der Waals surface area contributed by atoms with Crippen molar-refractivity contribution in [2.45, 2.75) is 25.9 Å². The maximum absolute atomic E-state index is 13.7. The predicted molar refractivity (Wildman–Crippen MR) is 86.8 cm³/mol. The van der Waals surface area contributed by atoms with Gasteiger partial charge in [0.2, 0.25) is 0 Å². The van der Waals surface area contributed by atoms with Crippen molar-refractivity contribution in [1.29, 1.82) is 0 Å². The van der Waals surface area contributed by atoms with Crippen molar-refractivity contribution in [3.63, 3.8) is 0 Å². The highest BCUT2D eigenvalue weighted by Crippen LogP contribution is 2.19. The quantitative estimate of drug-likeness (QED) is 0.734. The fraction of sp³-hybridized carbons (Fsp3) is 0.294. The number of fused-ring (bicyclic) bond motifs is 1. The first kappa shape index (κ1) is 15.4. The molecule has 0 saturated heterocycles. The predicted octanol–water partition coefficient (Wildman–Crippen LogP) is 2.97. The van der Waals surface area contributed by atoms with Gasteiger partial charge >= 0.3 is 0 Å². The van der Waals surface area contributed by atoms with Crippen molar-refractivity contribution in [3.8, 4) is 0 Å². The molecule has 1 atom stereocenters. The molecule has 0 aliphatic carbocycles. The Morgan fingerprint density at radius 1 is 1.30 bits per heavy atom. The zero-order chi connectivity index (χ0) is 16.2. The van der Waals surface area contributed by atoms with E-state index in [1.165, 1.54) is 6.07 Å². The van der Waals surface area contributed by atoms with Crippen LogP contribution in [-0.4, -0.2) is 26.2 Å². The van der Waals surface area contributed by atoms with Crippen LogP contribution in [0.15, 0.2) is 42.6 Å². The van der Waals surface area contributed by atoms with Gasteiger partial charge in [0.15, 0.2) is 5.65 Å². The molecule has 5 nitrogen and oxygen atoms in total. The minimum Gasteiger partial charge on any atom is -0.386 e. The summed E-state index contributed by atoms with van der Waals surface area (Å²) in [7, 11) is 0. The van der Waals surface area contributed by atoms with Gasteiger partial charge in [-0.25, -0.2) is 9.37 Å². The van der Waals surface area contributed by atoms with Crippen molar-refractivity contribution in [2.75, 3.05) is 11.9 Å². The van der Waals surface area contributed by atoms with Crippen LogP contribution in [0.1, 0.15) is 30.7 Å². The van der Waals surface area contributed by atoms with E-state index in [0.29, 0.717) is 0 Å². The Hall–Kier alpha value is -2.47. The standard InChI is InChI=1S/C17H19FN4O/c1-2-5-12-10-17(22-16(21-12)8-9-20-22)19-11-15(23)13-6-3-4-7-14(13)18/h3-4,6-10,15,19,23H,2,5,11H2,1H3/t15-/m0/s1. The summed E-state index contributed by atoms with van der Waals surface area (Å²) in [6.45, 7) is 2.28. The van der Waals surface area contributed by atoms with E-state index < -0.39 is 11.9 Å². The van der Waals surface area contributed by atoms with Crippen LogP contribution < -0.4 is 5.32 Å². The van der Waals surface area contributed by atoms with Gasteiger partial charge in [0, 0.05) is 29.9 Å². The van der Waals surface area contributed by atoms with E-state index in [0.717, 1.165) is 30.0 Å². The summed E-state index contributed by atoms with van der Waals surface area (Å²) in [5, 5.41) is 17.6. The number of nitrogens with zero attached hydrogens (tertiary/aromatic N) is 3. The number of benzene rings is 1. The Kier molecular flexibility index (Phi) is 4.52. The largest absolute Gasteiger partial charge is 0.386 e. The van der Waals surface area contributed by atoms with E-state index >= 15 is 0 Å². The molecule has 0 saturated carbocycles. The van der Waals surface area contributed by atoms with Crippen LogP contribution in [0.3, 0.4) is 0 Å². The molecule has 0 bridgehead atoms. The Labute approximate surface area is 133 Å². The van der Waals surface area contributed by atoms with Crippen LogP contribution in [0.2, 0.25) is 0 Å². The number of nitrogens with one attached hydrogen (secondary N) is 1. The van der Waals surface area contributed by atoms with Gasteiger partial charge in [-0.2, -0.15) is 9.61 Å². The molecule has 3 rings (SSSR count). The van der Waals surface area contributed by atoms with Gasteiger partial charge in [0.25, 0.3) is 0 Å². The molecule has 0 radical (unpaired) electrons. The van der Waals surface area contributed by atoms with Crippen LogP contribution in [0.4, 0.5) is 10.2 Å². The van der Waals surface area contributed by atoms with Crippen molar-refractivity contribution >= 4 is 11.5 Å². The molecule has 23 heavy (non-hydrogen) atoms. The Morgan fingerprint density at radius 3 is 2.91 bits per heavy atom. The molecule has 2 N–H and O–H groups in total. The summed E-state index contributed by atoms with van der Waals surface area (Å²) in [4.78, 5) is 4.52. The minimum absolute atomic E-state index is 0.186. The first-order valence-corrected chi connectivity index (χ1v) is 7.69. The Bertz CT molecular complexity index is 802. The smallest absolute Gasteiger partial charge is 0.157 e. The molecule has 1 aromatic carbocycles. The molecule has 0 fully saturated rings. The third-order valence-corrected chi connectivity index (χ3v) is 3.66. The molecular formula is C17H19FN4O. The van der Waals surface area contributed by atoms with E-state index in [9.17, 15) is 9.50 Å². The van der Waals surface area contributed by atoms with Crippen molar-refractivity contribution in [1.82, 2.24) is 14.6 Å². The van der Waals surface area contributed by atoms with Crippen LogP contribution in [-0.2, 0) is 6.42 Å². The first-order valence-electron chi connectivity index (χ1n) is 7.69. The van der Waals surface area contributed by atoms with Gasteiger partial charge in [-0.15, -0.1) is 0 Å². The average molecular weight is 314 g/mol. The fourth-order valence-electron chi connectivity index (χ4n) is 2.53. The average Bonchev–Trinajstić information content (AvgIpc) is 3.01. The maximum atomic E-state index is 13.7. The van der Waals surface area contributed by atoms with Crippen LogP contribution >= 0.6 is 0 Å². The fourth-order valence-corrected chi connectivity index (χ4v) is 2.53. The Morgan fingerprint density at radius 2 is 2.13 bits per heavy atom. The van der Waals surface area contributed by atoms with Gasteiger partial charge in [-0.1, -0.05) is 31.5 Å². The number of aliphatic hydroxyl groups is 1. The lowest BCUT2D eigenvalue weighted by molar-refractivity contribution is 0.186. The van der Waals surface area contributed by atoms with E-state index in [4.69, 9.17) is 0 Å². The first-order chi connectivity index (χ1) is 11.2. The molecule has 0 spiro atoms. The monoisotopic (exact) mass is 314 g/mol. The highest BCUT2D eigenvalue weighted by atomic mass is 19.1. The van der Waals surface area contributed by atoms with Crippen molar-refractivity contribution < 1.29 is 9.50 Å². The Balaban J connectivity index is 1.81. The SMILES string of the molecule is CCCc1cc(NC[C@H](O)c2ccccc2F)n2nccc2n1. The molecule has 3 aromatic rings. The van der Waals surface area contributed by atoms with Gasteiger partial charge in [-0.3, -0.25) is 0 Å². The summed E-state index contributed by atoms with van der Waals surface area (Å²) in [6.07, 6.45) is 2.60. The number of aromatic nitrogens is 3. The van der Waals surface area contributed by atoms with Gasteiger partial charge in [-0.05, 0) is 12.5 Å². The lowest BCUT2D eigenvalue weighted by Gasteiger charge is -2.15. The molecule has 0 amide bonds. The second kappa shape index (κ2) is 6.75. The van der Waals surface area contributed by atoms with Crippen LogP contribution in [0, 0.1) is 5.82 Å². The highest BCUT2D eigenvalue weighted by molar-refractivity contribution is 5.49. The highest BCUT2D eigenvalue weighted by Gasteiger charge is 2.13. The topological polar surface area (TPSA) is 62.5 Å². The second-order valence-electron chi connectivity index (χ2n) is 5.40. The molecule has 120 valence electrons. The molecule has 0 unspecified atom stereocenters. The van der Waals surface area contributed by atoms with Crippen molar-refractivity contribution in [2.24, 2.45) is 0 Å². The molecule has 6 heteroatoms. The number of hydrogen-bond acceptors (Lipinski definition) is 4. The minimum atomic E-state index is -0.940. The molecule has 0 aliphatic rings. The zero-order valence-corrected chi connectivity index (χ0v) is 12.9. The maximum Gasteiger partial charge on any atom is 0.157 e. The summed E-state index contributed by atoms with van der Waals surface area (Å²) in [5.74, 6) is 0.325. The van der Waals surface area contributed by atoms with Crippen molar-refractivity contribution in [3.05, 3.63) is 59.7 Å². The van der Waals surface area contributed by atoms with Gasteiger partial charge in [0.05, 0.1) is 12.3 Å². The van der Waals surface area contributed by atoms with Gasteiger partial charge < -0.3 is 10.4 Å². The van der Waals surface area contributed by atoms with Crippen LogP contribution in [0.5, 0.6) is 0 Å². The lowest BCUT2D eigenvalue weighted by Crippen LogP contribution is -2.16. The third-order valence-electron chi connectivity index (χ3n) is 3.66. The van der Waals surface area contributed by atoms with E-state index in [2.05, 4.69) is 22.3 Å². The number of hydrogen-bond donors (Lipinski definition) is 2. The number of anilines is 1. The third kappa shape index (κ3) is 3.32. The summed E-state index contributed by atoms with van der Waals surface area (Å²) < 4.78 is 15.4. The van der Waals surface area contributed by atoms with E-state index in [-0.39, 0.29) is 12.1 Å². The van der Waals surface area contributed by atoms with E-state index in [1.54, 1.807) is 28.9 Å². The normalized spacial score (nSPS) is 12.5. The number of rotatable bonds is 6. The molecule has 0 aliphatic heterocycles. The molecular weight excluding hydrogens is 295 g/mol. The number of aryl methyl sites for hydroxylation is 1. The second-order valence-corrected chi connectivity index (χ2v) is 5.40. The lowest BCUT2D eigenvalue weighted by atomic mass is 10.1. The summed E-state index contributed by atoms with van der Waals surface area (Å²) in [6, 6.07) is 9.98. The summed E-state index contributed by atoms with van der Waals surface area (Å²) >= 11 is 0. The van der Waals surface area contributed by atoms with E-state index in [1.807, 2.05) is 12.1 Å². The zero-order valence-electron chi connectivity index (χ0n) is 12.9. The molecule has 2 aromatic heterocycles. The van der Waals surface area contributed by atoms with Crippen LogP contribution in [0.25, 0.3) is 5.65 Å².